The van der Waals surface area contributed by atoms with Crippen molar-refractivity contribution < 1.29 is 14.3 Å². The monoisotopic (exact) mass is 414 g/mol. The second-order valence-corrected chi connectivity index (χ2v) is 7.01. The first-order valence-corrected chi connectivity index (χ1v) is 9.70. The van der Waals surface area contributed by atoms with E-state index < -0.39 is 6.10 Å². The van der Waals surface area contributed by atoms with E-state index in [0.29, 0.717) is 42.6 Å². The zero-order valence-electron chi connectivity index (χ0n) is 16.2. The smallest absolute Gasteiger partial charge is 0.265 e. The third-order valence-electron chi connectivity index (χ3n) is 4.61. The second kappa shape index (κ2) is 9.43. The number of hydrogen-bond acceptors (Lipinski definition) is 5. The molecule has 1 saturated heterocycles. The van der Waals surface area contributed by atoms with Crippen LogP contribution in [-0.2, 0) is 9.59 Å². The lowest BCUT2D eigenvalue weighted by molar-refractivity contribution is -0.126. The maximum Gasteiger partial charge on any atom is 0.265 e. The lowest BCUT2D eigenvalue weighted by Crippen LogP contribution is -2.48. The van der Waals surface area contributed by atoms with Crippen molar-refractivity contribution in [2.75, 3.05) is 36.4 Å². The summed E-state index contributed by atoms with van der Waals surface area (Å²) in [7, 11) is 0. The number of amides is 2. The molecular weight excluding hydrogens is 392 g/mol. The van der Waals surface area contributed by atoms with Gasteiger partial charge in [-0.15, -0.1) is 0 Å². The Labute approximate surface area is 174 Å². The Bertz CT molecular complexity index is 880. The van der Waals surface area contributed by atoms with Crippen LogP contribution in [0.4, 0.5) is 11.5 Å². The topological polar surface area (TPSA) is 74.8 Å². The highest BCUT2D eigenvalue weighted by Gasteiger charge is 2.21. The zero-order valence-corrected chi connectivity index (χ0v) is 16.9. The Kier molecular flexibility index (Phi) is 6.72. The molecule has 1 unspecified atom stereocenters. The number of hydrogen-bond donors (Lipinski definition) is 1. The normalized spacial score (nSPS) is 14.8. The molecule has 1 aromatic heterocycles. The summed E-state index contributed by atoms with van der Waals surface area (Å²) in [6, 6.07) is 10.7. The minimum atomic E-state index is -0.718. The molecule has 2 heterocycles. The molecular formula is C21H23ClN4O3. The lowest BCUT2D eigenvalue weighted by Gasteiger charge is -2.34. The van der Waals surface area contributed by atoms with Crippen molar-refractivity contribution in [3.63, 3.8) is 0 Å². The summed E-state index contributed by atoms with van der Waals surface area (Å²) in [4.78, 5) is 32.3. The quantitative estimate of drug-likeness (QED) is 0.735. The van der Waals surface area contributed by atoms with Gasteiger partial charge < -0.3 is 19.9 Å². The fourth-order valence-electron chi connectivity index (χ4n) is 2.96. The fraction of sp³-hybridized carbons (Fsp3) is 0.286. The summed E-state index contributed by atoms with van der Waals surface area (Å²) < 4.78 is 5.62. The predicted octanol–water partition coefficient (Wildman–Crippen LogP) is 2.98. The van der Waals surface area contributed by atoms with Gasteiger partial charge >= 0.3 is 0 Å². The molecule has 0 saturated carbocycles. The van der Waals surface area contributed by atoms with Crippen LogP contribution in [0.5, 0.6) is 5.75 Å². The van der Waals surface area contributed by atoms with Gasteiger partial charge in [-0.2, -0.15) is 0 Å². The minimum absolute atomic E-state index is 0.0520. The first-order valence-electron chi connectivity index (χ1n) is 9.32. The Hall–Kier alpha value is -3.06. The zero-order chi connectivity index (χ0) is 20.8. The molecule has 8 heteroatoms. The molecule has 0 radical (unpaired) electrons. The molecule has 0 bridgehead atoms. The van der Waals surface area contributed by atoms with E-state index >= 15 is 0 Å². The third kappa shape index (κ3) is 5.26. The number of carbonyl (C=O) groups excluding carboxylic acids is 2. The Morgan fingerprint density at radius 1 is 1.21 bits per heavy atom. The van der Waals surface area contributed by atoms with Crippen LogP contribution in [0.1, 0.15) is 6.92 Å². The molecule has 1 N–H and O–H groups in total. The molecule has 3 rings (SSSR count). The average Bonchev–Trinajstić information content (AvgIpc) is 2.75. The standard InChI is InChI=1S/C21H23ClN4O3/c1-3-20(27)26-12-10-25(11-13-26)19-9-8-16(14-23-19)24-21(28)15(2)29-18-7-5-4-6-17(18)22/h3-9,14-15H,1,10-13H2,2H3,(H,24,28). The van der Waals surface area contributed by atoms with E-state index in [4.69, 9.17) is 16.3 Å². The van der Waals surface area contributed by atoms with Gasteiger partial charge in [-0.05, 0) is 37.3 Å². The highest BCUT2D eigenvalue weighted by atomic mass is 35.5. The molecule has 152 valence electrons. The van der Waals surface area contributed by atoms with E-state index in [-0.39, 0.29) is 11.8 Å². The van der Waals surface area contributed by atoms with Gasteiger partial charge in [-0.25, -0.2) is 4.98 Å². The molecule has 2 aromatic rings. The molecule has 1 aliphatic heterocycles. The van der Waals surface area contributed by atoms with Crippen LogP contribution in [0.3, 0.4) is 0 Å². The maximum atomic E-state index is 12.4. The van der Waals surface area contributed by atoms with Crippen LogP contribution >= 0.6 is 11.6 Å². The molecule has 1 aromatic carbocycles. The minimum Gasteiger partial charge on any atom is -0.479 e. The van der Waals surface area contributed by atoms with Gasteiger partial charge in [0, 0.05) is 26.2 Å². The molecule has 1 atom stereocenters. The number of anilines is 2. The van der Waals surface area contributed by atoms with Crippen molar-refractivity contribution >= 4 is 34.9 Å². The first-order chi connectivity index (χ1) is 14.0. The number of carbonyl (C=O) groups is 2. The fourth-order valence-corrected chi connectivity index (χ4v) is 3.14. The number of nitrogens with one attached hydrogen (secondary N) is 1. The summed E-state index contributed by atoms with van der Waals surface area (Å²) in [5.74, 6) is 0.910. The Morgan fingerprint density at radius 3 is 2.55 bits per heavy atom. The Balaban J connectivity index is 1.54. The molecule has 1 fully saturated rings. The summed E-state index contributed by atoms with van der Waals surface area (Å²) in [6.45, 7) is 7.82. The maximum absolute atomic E-state index is 12.4. The van der Waals surface area contributed by atoms with Crippen molar-refractivity contribution in [1.29, 1.82) is 0 Å². The number of piperazine rings is 1. The van der Waals surface area contributed by atoms with Gasteiger partial charge in [0.05, 0.1) is 16.9 Å². The van der Waals surface area contributed by atoms with Crippen molar-refractivity contribution in [2.45, 2.75) is 13.0 Å². The SMILES string of the molecule is C=CC(=O)N1CCN(c2ccc(NC(=O)C(C)Oc3ccccc3Cl)cn2)CC1. The summed E-state index contributed by atoms with van der Waals surface area (Å²) >= 11 is 6.06. The number of nitrogens with zero attached hydrogens (tertiary/aromatic N) is 3. The number of halogens is 1. The summed E-state index contributed by atoms with van der Waals surface area (Å²) in [6.07, 6.45) is 2.23. The second-order valence-electron chi connectivity index (χ2n) is 6.60. The largest absolute Gasteiger partial charge is 0.479 e. The van der Waals surface area contributed by atoms with Gasteiger partial charge in [0.1, 0.15) is 11.6 Å². The molecule has 7 nitrogen and oxygen atoms in total. The first kappa shape index (κ1) is 20.7. The highest BCUT2D eigenvalue weighted by molar-refractivity contribution is 6.32. The third-order valence-corrected chi connectivity index (χ3v) is 4.93. The van der Waals surface area contributed by atoms with Crippen LogP contribution < -0.4 is 15.0 Å². The molecule has 1 aliphatic rings. The predicted molar refractivity (Wildman–Crippen MR) is 113 cm³/mol. The molecule has 2 amide bonds. The molecule has 29 heavy (non-hydrogen) atoms. The number of rotatable bonds is 6. The van der Waals surface area contributed by atoms with E-state index in [1.54, 1.807) is 48.4 Å². The van der Waals surface area contributed by atoms with Gasteiger partial charge in [-0.3, -0.25) is 9.59 Å². The number of pyridine rings is 1. The number of ether oxygens (including phenoxy) is 1. The van der Waals surface area contributed by atoms with Crippen LogP contribution in [0, 0.1) is 0 Å². The van der Waals surface area contributed by atoms with Gasteiger partial charge in [-0.1, -0.05) is 30.3 Å². The van der Waals surface area contributed by atoms with E-state index in [9.17, 15) is 9.59 Å². The van der Waals surface area contributed by atoms with Crippen LogP contribution in [0.25, 0.3) is 0 Å². The van der Waals surface area contributed by atoms with Crippen LogP contribution in [0.2, 0.25) is 5.02 Å². The van der Waals surface area contributed by atoms with Gasteiger partial charge in [0.25, 0.3) is 5.91 Å². The summed E-state index contributed by atoms with van der Waals surface area (Å²) in [5.41, 5.74) is 0.578. The highest BCUT2D eigenvalue weighted by Crippen LogP contribution is 2.24. The molecule has 0 spiro atoms. The van der Waals surface area contributed by atoms with Crippen molar-refractivity contribution in [2.24, 2.45) is 0 Å². The van der Waals surface area contributed by atoms with E-state index in [1.807, 2.05) is 6.07 Å². The number of benzene rings is 1. The van der Waals surface area contributed by atoms with Crippen molar-refractivity contribution in [1.82, 2.24) is 9.88 Å². The van der Waals surface area contributed by atoms with Crippen LogP contribution in [0.15, 0.2) is 55.3 Å². The number of para-hydroxylation sites is 1. The Morgan fingerprint density at radius 2 is 1.93 bits per heavy atom. The van der Waals surface area contributed by atoms with E-state index in [0.717, 1.165) is 5.82 Å². The molecule has 0 aliphatic carbocycles. The average molecular weight is 415 g/mol. The van der Waals surface area contributed by atoms with E-state index in [2.05, 4.69) is 21.8 Å². The van der Waals surface area contributed by atoms with Crippen molar-refractivity contribution in [3.05, 3.63) is 60.3 Å². The lowest BCUT2D eigenvalue weighted by atomic mass is 10.3. The van der Waals surface area contributed by atoms with Gasteiger partial charge in [0.2, 0.25) is 5.91 Å². The van der Waals surface area contributed by atoms with Crippen LogP contribution in [-0.4, -0.2) is 54.0 Å². The summed E-state index contributed by atoms with van der Waals surface area (Å²) in [5, 5.41) is 3.24. The van der Waals surface area contributed by atoms with Crippen molar-refractivity contribution in [3.8, 4) is 5.75 Å². The number of aromatic nitrogens is 1. The van der Waals surface area contributed by atoms with Gasteiger partial charge in [0.15, 0.2) is 6.10 Å². The van der Waals surface area contributed by atoms with E-state index in [1.165, 1.54) is 6.08 Å².